The van der Waals surface area contributed by atoms with E-state index in [1.165, 1.54) is 4.68 Å². The molecule has 3 aromatic rings. The molecule has 33 heavy (non-hydrogen) atoms. The van der Waals surface area contributed by atoms with E-state index < -0.39 is 6.04 Å². The van der Waals surface area contributed by atoms with Crippen LogP contribution in [-0.4, -0.2) is 33.5 Å². The van der Waals surface area contributed by atoms with Crippen molar-refractivity contribution in [1.29, 1.82) is 0 Å². The van der Waals surface area contributed by atoms with Crippen molar-refractivity contribution in [3.05, 3.63) is 78.1 Å². The van der Waals surface area contributed by atoms with Crippen molar-refractivity contribution in [2.45, 2.75) is 39.8 Å². The van der Waals surface area contributed by atoms with Crippen LogP contribution in [0.4, 0.5) is 11.4 Å². The molecule has 0 unspecified atom stereocenters. The third kappa shape index (κ3) is 7.03. The van der Waals surface area contributed by atoms with Crippen LogP contribution < -0.4 is 16.0 Å². The summed E-state index contributed by atoms with van der Waals surface area (Å²) in [6.07, 6.45) is 3.54. The topological polar surface area (TPSA) is 105 Å². The standard InChI is InChI=1S/C25H29N5O3/c1-17(2)24(29-22(31)15-19-8-5-4-6-9-19)25(33)27-20-10-11-21(18(3)14-20)28-23(32)16-30-13-7-12-26-30/h4-14,17,24H,15-16H2,1-3H3,(H,27,33)(H,28,32)(H,29,31)/t24-/m1/s1. The second-order valence-corrected chi connectivity index (χ2v) is 8.22. The van der Waals surface area contributed by atoms with E-state index in [2.05, 4.69) is 21.0 Å². The highest BCUT2D eigenvalue weighted by Crippen LogP contribution is 2.20. The number of rotatable bonds is 9. The zero-order valence-electron chi connectivity index (χ0n) is 19.0. The number of amides is 3. The minimum Gasteiger partial charge on any atom is -0.344 e. The number of nitrogens with one attached hydrogen (secondary N) is 3. The van der Waals surface area contributed by atoms with Crippen molar-refractivity contribution in [3.63, 3.8) is 0 Å². The Kier molecular flexibility index (Phi) is 7.96. The first-order valence-corrected chi connectivity index (χ1v) is 10.8. The van der Waals surface area contributed by atoms with Crippen LogP contribution in [0.15, 0.2) is 67.0 Å². The Labute approximate surface area is 193 Å². The Balaban J connectivity index is 1.59. The first-order chi connectivity index (χ1) is 15.8. The number of aryl methyl sites for hydroxylation is 1. The van der Waals surface area contributed by atoms with Gasteiger partial charge in [0.15, 0.2) is 0 Å². The largest absolute Gasteiger partial charge is 0.344 e. The second kappa shape index (κ2) is 11.1. The molecule has 8 heteroatoms. The first kappa shape index (κ1) is 23.7. The van der Waals surface area contributed by atoms with E-state index in [4.69, 9.17) is 0 Å². The summed E-state index contributed by atoms with van der Waals surface area (Å²) in [6, 6.07) is 15.7. The molecule has 0 aliphatic carbocycles. The summed E-state index contributed by atoms with van der Waals surface area (Å²) >= 11 is 0. The van der Waals surface area contributed by atoms with Crippen LogP contribution in [0.3, 0.4) is 0 Å². The van der Waals surface area contributed by atoms with Crippen LogP contribution in [0.2, 0.25) is 0 Å². The maximum Gasteiger partial charge on any atom is 0.247 e. The SMILES string of the molecule is Cc1cc(NC(=O)[C@H](NC(=O)Cc2ccccc2)C(C)C)ccc1NC(=O)Cn1cccn1. The van der Waals surface area contributed by atoms with Gasteiger partial charge in [-0.3, -0.25) is 19.1 Å². The van der Waals surface area contributed by atoms with Crippen LogP contribution in [0.1, 0.15) is 25.0 Å². The predicted octanol–water partition coefficient (Wildman–Crippen LogP) is 3.15. The average molecular weight is 448 g/mol. The molecule has 0 saturated heterocycles. The molecule has 1 aromatic heterocycles. The van der Waals surface area contributed by atoms with Gasteiger partial charge >= 0.3 is 0 Å². The highest BCUT2D eigenvalue weighted by atomic mass is 16.2. The third-order valence-corrected chi connectivity index (χ3v) is 5.11. The molecule has 0 fully saturated rings. The number of nitrogens with zero attached hydrogens (tertiary/aromatic N) is 2. The summed E-state index contributed by atoms with van der Waals surface area (Å²) in [6.45, 7) is 5.73. The van der Waals surface area contributed by atoms with E-state index in [1.807, 2.05) is 51.1 Å². The molecule has 0 aliphatic rings. The Bertz CT molecular complexity index is 1090. The van der Waals surface area contributed by atoms with E-state index in [9.17, 15) is 14.4 Å². The van der Waals surface area contributed by atoms with Gasteiger partial charge in [-0.2, -0.15) is 5.10 Å². The monoisotopic (exact) mass is 447 g/mol. The summed E-state index contributed by atoms with van der Waals surface area (Å²) < 4.78 is 1.54. The second-order valence-electron chi connectivity index (χ2n) is 8.22. The van der Waals surface area contributed by atoms with Gasteiger partial charge in [0.2, 0.25) is 17.7 Å². The van der Waals surface area contributed by atoms with Gasteiger partial charge < -0.3 is 16.0 Å². The molecule has 8 nitrogen and oxygen atoms in total. The molecule has 3 N–H and O–H groups in total. The number of carbonyl (C=O) groups is 3. The van der Waals surface area contributed by atoms with Gasteiger partial charge in [0.25, 0.3) is 0 Å². The first-order valence-electron chi connectivity index (χ1n) is 10.8. The quantitative estimate of drug-likeness (QED) is 0.469. The number of benzene rings is 2. The summed E-state index contributed by atoms with van der Waals surface area (Å²) in [5.41, 5.74) is 2.93. The van der Waals surface area contributed by atoms with Gasteiger partial charge in [-0.15, -0.1) is 0 Å². The van der Waals surface area contributed by atoms with Crippen molar-refractivity contribution >= 4 is 29.1 Å². The van der Waals surface area contributed by atoms with E-state index in [0.29, 0.717) is 11.4 Å². The van der Waals surface area contributed by atoms with Gasteiger partial charge in [0, 0.05) is 23.8 Å². The number of anilines is 2. The average Bonchev–Trinajstić information content (AvgIpc) is 3.27. The summed E-state index contributed by atoms with van der Waals surface area (Å²) in [5, 5.41) is 12.6. The lowest BCUT2D eigenvalue weighted by Gasteiger charge is -2.22. The minimum atomic E-state index is -0.671. The maximum absolute atomic E-state index is 12.9. The fourth-order valence-corrected chi connectivity index (χ4v) is 3.37. The molecule has 0 spiro atoms. The van der Waals surface area contributed by atoms with Gasteiger partial charge in [-0.25, -0.2) is 0 Å². The zero-order valence-corrected chi connectivity index (χ0v) is 19.0. The van der Waals surface area contributed by atoms with Gasteiger partial charge in [-0.1, -0.05) is 44.2 Å². The normalized spacial score (nSPS) is 11.6. The molecule has 0 bridgehead atoms. The Morgan fingerprint density at radius 3 is 2.36 bits per heavy atom. The molecule has 1 heterocycles. The predicted molar refractivity (Wildman–Crippen MR) is 128 cm³/mol. The number of hydrogen-bond acceptors (Lipinski definition) is 4. The molecule has 172 valence electrons. The Morgan fingerprint density at radius 2 is 1.73 bits per heavy atom. The highest BCUT2D eigenvalue weighted by molar-refractivity contribution is 5.98. The number of aromatic nitrogens is 2. The molecule has 3 rings (SSSR count). The molecular weight excluding hydrogens is 418 g/mol. The minimum absolute atomic E-state index is 0.0910. The van der Waals surface area contributed by atoms with Gasteiger partial charge in [0.1, 0.15) is 12.6 Å². The van der Waals surface area contributed by atoms with E-state index in [0.717, 1.165) is 11.1 Å². The smallest absolute Gasteiger partial charge is 0.247 e. The Hall–Kier alpha value is -3.94. The van der Waals surface area contributed by atoms with Crippen molar-refractivity contribution in [1.82, 2.24) is 15.1 Å². The molecule has 0 aliphatic heterocycles. The fourth-order valence-electron chi connectivity index (χ4n) is 3.37. The fraction of sp³-hybridized carbons (Fsp3) is 0.280. The highest BCUT2D eigenvalue weighted by Gasteiger charge is 2.24. The van der Waals surface area contributed by atoms with Crippen LogP contribution in [-0.2, 0) is 27.3 Å². The lowest BCUT2D eigenvalue weighted by Crippen LogP contribution is -2.47. The van der Waals surface area contributed by atoms with Gasteiger partial charge in [0.05, 0.1) is 6.42 Å². The molecular formula is C25H29N5O3. The molecule has 0 saturated carbocycles. The lowest BCUT2D eigenvalue weighted by atomic mass is 10.0. The molecule has 1 atom stereocenters. The van der Waals surface area contributed by atoms with Crippen LogP contribution in [0, 0.1) is 12.8 Å². The third-order valence-electron chi connectivity index (χ3n) is 5.11. The van der Waals surface area contributed by atoms with E-state index in [1.54, 1.807) is 36.7 Å². The van der Waals surface area contributed by atoms with Crippen molar-refractivity contribution in [3.8, 4) is 0 Å². The van der Waals surface area contributed by atoms with Crippen molar-refractivity contribution < 1.29 is 14.4 Å². The number of hydrogen-bond donors (Lipinski definition) is 3. The number of carbonyl (C=O) groups excluding carboxylic acids is 3. The molecule has 0 radical (unpaired) electrons. The molecule has 2 aromatic carbocycles. The summed E-state index contributed by atoms with van der Waals surface area (Å²) in [5.74, 6) is -0.783. The van der Waals surface area contributed by atoms with Crippen molar-refractivity contribution in [2.75, 3.05) is 10.6 Å². The lowest BCUT2D eigenvalue weighted by molar-refractivity contribution is -0.127. The summed E-state index contributed by atoms with van der Waals surface area (Å²) in [7, 11) is 0. The van der Waals surface area contributed by atoms with E-state index in [-0.39, 0.29) is 36.6 Å². The van der Waals surface area contributed by atoms with Gasteiger partial charge in [-0.05, 0) is 48.2 Å². The summed E-state index contributed by atoms with van der Waals surface area (Å²) in [4.78, 5) is 37.6. The van der Waals surface area contributed by atoms with Crippen LogP contribution in [0.5, 0.6) is 0 Å². The maximum atomic E-state index is 12.9. The zero-order chi connectivity index (χ0) is 23.8. The van der Waals surface area contributed by atoms with Crippen LogP contribution in [0.25, 0.3) is 0 Å². The molecule has 3 amide bonds. The Morgan fingerprint density at radius 1 is 0.970 bits per heavy atom. The van der Waals surface area contributed by atoms with E-state index >= 15 is 0 Å². The van der Waals surface area contributed by atoms with Crippen LogP contribution >= 0.6 is 0 Å². The van der Waals surface area contributed by atoms with Crippen molar-refractivity contribution in [2.24, 2.45) is 5.92 Å².